The molecule has 1 saturated heterocycles. The van der Waals surface area contributed by atoms with E-state index >= 15 is 0 Å². The number of nitrogens with one attached hydrogen (secondary N) is 1. The lowest BCUT2D eigenvalue weighted by Gasteiger charge is -2.10. The van der Waals surface area contributed by atoms with Gasteiger partial charge in [0, 0.05) is 17.1 Å². The second-order valence-electron chi connectivity index (χ2n) is 5.35. The highest BCUT2D eigenvalue weighted by Gasteiger charge is 2.22. The third-order valence-corrected chi connectivity index (χ3v) is 4.85. The van der Waals surface area contributed by atoms with Crippen molar-refractivity contribution in [2.75, 3.05) is 0 Å². The fourth-order valence-electron chi connectivity index (χ4n) is 2.59. The molecule has 1 aromatic carbocycles. The maximum Gasteiger partial charge on any atom is 0.263 e. The van der Waals surface area contributed by atoms with Gasteiger partial charge in [0.25, 0.3) is 5.91 Å². The lowest BCUT2D eigenvalue weighted by atomic mass is 10.2. The van der Waals surface area contributed by atoms with Crippen LogP contribution in [0.15, 0.2) is 35.2 Å². The predicted molar refractivity (Wildman–Crippen MR) is 96.3 cm³/mol. The molecule has 0 aliphatic carbocycles. The van der Waals surface area contributed by atoms with E-state index in [1.54, 1.807) is 0 Å². The molecule has 1 aliphatic rings. The number of carbonyl (C=O) groups is 1. The summed E-state index contributed by atoms with van der Waals surface area (Å²) in [6.45, 7) is 6.21. The first-order valence-electron chi connectivity index (χ1n) is 6.96. The molecule has 1 aromatic heterocycles. The molecule has 2 heterocycles. The average molecular weight is 328 g/mol. The number of hydrogen-bond donors (Lipinski definition) is 1. The molecule has 1 N–H and O–H groups in total. The van der Waals surface area contributed by atoms with Crippen molar-refractivity contribution in [1.29, 1.82) is 0 Å². The van der Waals surface area contributed by atoms with Crippen molar-refractivity contribution in [2.24, 2.45) is 0 Å². The largest absolute Gasteiger partial charge is 0.318 e. The summed E-state index contributed by atoms with van der Waals surface area (Å²) >= 11 is 6.34. The number of nitrogens with zero attached hydrogens (tertiary/aromatic N) is 1. The number of carbonyl (C=O) groups excluding carboxylic acids is 1. The van der Waals surface area contributed by atoms with Gasteiger partial charge < -0.3 is 9.88 Å². The highest BCUT2D eigenvalue weighted by atomic mass is 32.2. The van der Waals surface area contributed by atoms with Crippen molar-refractivity contribution in [3.8, 4) is 5.69 Å². The van der Waals surface area contributed by atoms with Crippen molar-refractivity contribution < 1.29 is 4.79 Å². The summed E-state index contributed by atoms with van der Waals surface area (Å²) in [6, 6.07) is 10.5. The normalized spacial score (nSPS) is 16.4. The Kier molecular flexibility index (Phi) is 3.93. The molecule has 0 radical (unpaired) electrons. The molecule has 3 nitrogen and oxygen atoms in total. The Morgan fingerprint density at radius 1 is 1.18 bits per heavy atom. The predicted octanol–water partition coefficient (Wildman–Crippen LogP) is 3.89. The molecule has 2 aromatic rings. The van der Waals surface area contributed by atoms with Crippen LogP contribution in [0.2, 0.25) is 0 Å². The van der Waals surface area contributed by atoms with Gasteiger partial charge in [0.2, 0.25) is 0 Å². The number of benzene rings is 1. The van der Waals surface area contributed by atoms with Crippen LogP contribution in [0.5, 0.6) is 0 Å². The molecule has 0 spiro atoms. The number of thiocarbonyl (C=S) groups is 1. The lowest BCUT2D eigenvalue weighted by molar-refractivity contribution is -0.115. The molecule has 0 atom stereocenters. The number of amides is 1. The molecule has 1 fully saturated rings. The summed E-state index contributed by atoms with van der Waals surface area (Å²) < 4.78 is 2.71. The van der Waals surface area contributed by atoms with Gasteiger partial charge in [0.15, 0.2) is 0 Å². The van der Waals surface area contributed by atoms with Crippen LogP contribution in [-0.2, 0) is 4.79 Å². The van der Waals surface area contributed by atoms with Crippen LogP contribution in [0, 0.1) is 20.8 Å². The number of aryl methyl sites for hydroxylation is 2. The minimum absolute atomic E-state index is 0.116. The maximum absolute atomic E-state index is 11.8. The zero-order valence-corrected chi connectivity index (χ0v) is 14.3. The Morgan fingerprint density at radius 3 is 2.45 bits per heavy atom. The Balaban J connectivity index is 2.04. The van der Waals surface area contributed by atoms with E-state index in [4.69, 9.17) is 12.2 Å². The Morgan fingerprint density at radius 2 is 1.86 bits per heavy atom. The fourth-order valence-corrected chi connectivity index (χ4v) is 3.62. The summed E-state index contributed by atoms with van der Waals surface area (Å²) in [7, 11) is 0. The number of aromatic nitrogens is 1. The van der Waals surface area contributed by atoms with E-state index in [1.807, 2.05) is 6.08 Å². The first-order chi connectivity index (χ1) is 10.5. The van der Waals surface area contributed by atoms with Crippen LogP contribution >= 0.6 is 24.0 Å². The van der Waals surface area contributed by atoms with E-state index < -0.39 is 0 Å². The second-order valence-corrected chi connectivity index (χ2v) is 7.07. The molecule has 112 valence electrons. The van der Waals surface area contributed by atoms with Crippen molar-refractivity contribution in [3.05, 3.63) is 57.8 Å². The van der Waals surface area contributed by atoms with Gasteiger partial charge in [-0.1, -0.05) is 41.7 Å². The van der Waals surface area contributed by atoms with E-state index in [0.29, 0.717) is 9.23 Å². The van der Waals surface area contributed by atoms with Gasteiger partial charge in [-0.15, -0.1) is 0 Å². The van der Waals surface area contributed by atoms with E-state index in [0.717, 1.165) is 22.6 Å². The maximum atomic E-state index is 11.8. The minimum Gasteiger partial charge on any atom is -0.318 e. The van der Waals surface area contributed by atoms with E-state index in [-0.39, 0.29) is 5.91 Å². The zero-order chi connectivity index (χ0) is 15.9. The summed E-state index contributed by atoms with van der Waals surface area (Å²) in [5, 5.41) is 2.65. The van der Waals surface area contributed by atoms with Crippen molar-refractivity contribution >= 4 is 40.3 Å². The van der Waals surface area contributed by atoms with Crippen LogP contribution < -0.4 is 5.32 Å². The monoisotopic (exact) mass is 328 g/mol. The van der Waals surface area contributed by atoms with Gasteiger partial charge >= 0.3 is 0 Å². The average Bonchev–Trinajstić information content (AvgIpc) is 2.92. The summed E-state index contributed by atoms with van der Waals surface area (Å²) in [5.74, 6) is -0.116. The topological polar surface area (TPSA) is 34.0 Å². The molecule has 0 saturated carbocycles. The number of hydrogen-bond acceptors (Lipinski definition) is 3. The first kappa shape index (κ1) is 15.1. The van der Waals surface area contributed by atoms with E-state index in [9.17, 15) is 4.79 Å². The Hall–Kier alpha value is -1.85. The Bertz CT molecular complexity index is 801. The van der Waals surface area contributed by atoms with Gasteiger partial charge in [-0.25, -0.2) is 0 Å². The quantitative estimate of drug-likeness (QED) is 0.671. The molecule has 1 amide bonds. The van der Waals surface area contributed by atoms with E-state index in [2.05, 4.69) is 61.0 Å². The van der Waals surface area contributed by atoms with Crippen molar-refractivity contribution in [1.82, 2.24) is 9.88 Å². The smallest absolute Gasteiger partial charge is 0.263 e. The fraction of sp³-hybridized carbons (Fsp3) is 0.176. The van der Waals surface area contributed by atoms with Gasteiger partial charge in [0.1, 0.15) is 4.32 Å². The number of rotatable bonds is 2. The molecular formula is C17H16N2OS2. The van der Waals surface area contributed by atoms with E-state index in [1.165, 1.54) is 17.3 Å². The number of thioether (sulfide) groups is 1. The van der Waals surface area contributed by atoms with Crippen molar-refractivity contribution in [3.63, 3.8) is 0 Å². The van der Waals surface area contributed by atoms with Crippen molar-refractivity contribution in [2.45, 2.75) is 20.8 Å². The van der Waals surface area contributed by atoms with Crippen LogP contribution in [0.1, 0.15) is 22.5 Å². The van der Waals surface area contributed by atoms with Crippen LogP contribution in [-0.4, -0.2) is 14.8 Å². The highest BCUT2D eigenvalue weighted by Crippen LogP contribution is 2.29. The molecule has 22 heavy (non-hydrogen) atoms. The molecule has 3 rings (SSSR count). The summed E-state index contributed by atoms with van der Waals surface area (Å²) in [6.07, 6.45) is 1.91. The van der Waals surface area contributed by atoms with Gasteiger partial charge in [-0.05, 0) is 50.6 Å². The lowest BCUT2D eigenvalue weighted by Crippen LogP contribution is -2.17. The van der Waals surface area contributed by atoms with Gasteiger partial charge in [-0.3, -0.25) is 4.79 Å². The van der Waals surface area contributed by atoms with Crippen LogP contribution in [0.3, 0.4) is 0 Å². The molecular weight excluding hydrogens is 312 g/mol. The SMILES string of the molecule is Cc1ccc(-n2c(C)cc(C=C3SC(=S)NC3=O)c2C)cc1. The van der Waals surface area contributed by atoms with Crippen LogP contribution in [0.4, 0.5) is 0 Å². The molecule has 5 heteroatoms. The Labute approximate surface area is 139 Å². The minimum atomic E-state index is -0.116. The molecule has 0 bridgehead atoms. The van der Waals surface area contributed by atoms with Gasteiger partial charge in [-0.2, -0.15) is 0 Å². The highest BCUT2D eigenvalue weighted by molar-refractivity contribution is 8.26. The second kappa shape index (κ2) is 5.74. The van der Waals surface area contributed by atoms with Crippen LogP contribution in [0.25, 0.3) is 11.8 Å². The summed E-state index contributed by atoms with van der Waals surface area (Å²) in [4.78, 5) is 12.5. The zero-order valence-electron chi connectivity index (χ0n) is 12.6. The molecule has 0 unspecified atom stereocenters. The standard InChI is InChI=1S/C17H16N2OS2/c1-10-4-6-14(7-5-10)19-11(2)8-13(12(19)3)9-15-16(20)18-17(21)22-15/h4-9H,1-3H3,(H,18,20,21). The molecule has 1 aliphatic heterocycles. The third-order valence-electron chi connectivity index (χ3n) is 3.69. The van der Waals surface area contributed by atoms with Gasteiger partial charge in [0.05, 0.1) is 4.91 Å². The third kappa shape index (κ3) is 2.74. The summed E-state index contributed by atoms with van der Waals surface area (Å²) in [5.41, 5.74) is 5.66. The first-order valence-corrected chi connectivity index (χ1v) is 8.19.